The summed E-state index contributed by atoms with van der Waals surface area (Å²) in [6.07, 6.45) is 1.17. The van der Waals surface area contributed by atoms with Crippen LogP contribution in [0.3, 0.4) is 0 Å². The van der Waals surface area contributed by atoms with Crippen molar-refractivity contribution >= 4 is 11.9 Å². The van der Waals surface area contributed by atoms with Gasteiger partial charge in [0.15, 0.2) is 6.33 Å². The third kappa shape index (κ3) is 9.12. The maximum Gasteiger partial charge on any atom is 0.320 e. The number of halogens is 1. The van der Waals surface area contributed by atoms with Crippen molar-refractivity contribution in [1.29, 1.82) is 0 Å². The summed E-state index contributed by atoms with van der Waals surface area (Å²) < 4.78 is 25.0. The lowest BCUT2D eigenvalue weighted by molar-refractivity contribution is -0.160. The van der Waals surface area contributed by atoms with Crippen molar-refractivity contribution in [2.24, 2.45) is 0 Å². The Morgan fingerprint density at radius 1 is 0.903 bits per heavy atom. The van der Waals surface area contributed by atoms with Crippen LogP contribution < -0.4 is 0 Å². The summed E-state index contributed by atoms with van der Waals surface area (Å²) in [6.45, 7) is 10.3. The van der Waals surface area contributed by atoms with Crippen molar-refractivity contribution in [2.75, 3.05) is 13.1 Å². The average molecular weight is 433 g/mol. The Kier molecular flexibility index (Phi) is 7.72. The van der Waals surface area contributed by atoms with Crippen molar-refractivity contribution in [1.82, 2.24) is 25.3 Å². The standard InChI is InChI=1S/C21H28FN5O4/c1-20(2,3)30-17(28)11-27(12-18(29)31-21(4,5)6)10-14-7-15(9-16(22)8-14)19-25-23-13-24-26-19/h7-9,13H,10-12H2,1-6H3. The van der Waals surface area contributed by atoms with Crippen molar-refractivity contribution < 1.29 is 23.5 Å². The maximum absolute atomic E-state index is 14.2. The van der Waals surface area contributed by atoms with Crippen molar-refractivity contribution in [3.8, 4) is 11.4 Å². The molecular weight excluding hydrogens is 405 g/mol. The van der Waals surface area contributed by atoms with Crippen LogP contribution in [0.1, 0.15) is 47.1 Å². The molecule has 0 spiro atoms. The number of carbonyl (C=O) groups is 2. The number of hydrogen-bond acceptors (Lipinski definition) is 9. The Labute approximate surface area is 181 Å². The van der Waals surface area contributed by atoms with Gasteiger partial charge in [-0.25, -0.2) is 4.39 Å². The highest BCUT2D eigenvalue weighted by Gasteiger charge is 2.24. The molecular formula is C21H28FN5O4. The first-order valence-corrected chi connectivity index (χ1v) is 9.77. The Bertz CT molecular complexity index is 880. The molecule has 0 atom stereocenters. The minimum atomic E-state index is -0.675. The average Bonchev–Trinajstić information content (AvgIpc) is 2.58. The van der Waals surface area contributed by atoms with E-state index < -0.39 is 29.0 Å². The molecule has 0 unspecified atom stereocenters. The molecule has 0 aliphatic carbocycles. The van der Waals surface area contributed by atoms with Crippen molar-refractivity contribution in [2.45, 2.75) is 59.3 Å². The maximum atomic E-state index is 14.2. The number of aromatic nitrogens is 4. The van der Waals surface area contributed by atoms with E-state index in [0.29, 0.717) is 11.1 Å². The quantitative estimate of drug-likeness (QED) is 0.609. The molecule has 0 aliphatic heterocycles. The second-order valence-corrected chi connectivity index (χ2v) is 9.04. The van der Waals surface area contributed by atoms with E-state index in [4.69, 9.17) is 9.47 Å². The van der Waals surface area contributed by atoms with Gasteiger partial charge >= 0.3 is 11.9 Å². The number of carbonyl (C=O) groups excluding carboxylic acids is 2. The SMILES string of the molecule is CC(C)(C)OC(=O)CN(CC(=O)OC(C)(C)C)Cc1cc(F)cc(-c2nncnn2)c1. The summed E-state index contributed by atoms with van der Waals surface area (Å²) in [4.78, 5) is 26.2. The molecule has 2 rings (SSSR count). The smallest absolute Gasteiger partial charge is 0.320 e. The van der Waals surface area contributed by atoms with Crippen LogP contribution in [-0.2, 0) is 25.6 Å². The molecule has 10 heteroatoms. The van der Waals surface area contributed by atoms with Gasteiger partial charge in [-0.15, -0.1) is 20.4 Å². The van der Waals surface area contributed by atoms with Crippen LogP contribution in [0.25, 0.3) is 11.4 Å². The molecule has 0 saturated carbocycles. The highest BCUT2D eigenvalue weighted by molar-refractivity contribution is 5.75. The predicted octanol–water partition coefficient (Wildman–Crippen LogP) is 2.56. The van der Waals surface area contributed by atoms with Crippen LogP contribution in [0, 0.1) is 5.82 Å². The van der Waals surface area contributed by atoms with Crippen LogP contribution in [0.4, 0.5) is 4.39 Å². The summed E-state index contributed by atoms with van der Waals surface area (Å²) in [5, 5.41) is 15.0. The van der Waals surface area contributed by atoms with E-state index in [1.54, 1.807) is 47.6 Å². The second-order valence-electron chi connectivity index (χ2n) is 9.04. The third-order valence-electron chi connectivity index (χ3n) is 3.58. The zero-order valence-corrected chi connectivity index (χ0v) is 18.7. The van der Waals surface area contributed by atoms with Crippen LogP contribution >= 0.6 is 0 Å². The topological polar surface area (TPSA) is 107 Å². The number of esters is 2. The number of hydrogen-bond donors (Lipinski definition) is 0. The number of nitrogens with zero attached hydrogens (tertiary/aromatic N) is 5. The monoisotopic (exact) mass is 433 g/mol. The highest BCUT2D eigenvalue weighted by Crippen LogP contribution is 2.19. The first kappa shape index (κ1) is 24.3. The lowest BCUT2D eigenvalue weighted by Crippen LogP contribution is -2.39. The van der Waals surface area contributed by atoms with Gasteiger partial charge in [-0.3, -0.25) is 14.5 Å². The van der Waals surface area contributed by atoms with E-state index in [2.05, 4.69) is 20.4 Å². The molecule has 2 aromatic rings. The molecule has 0 amide bonds. The highest BCUT2D eigenvalue weighted by atomic mass is 19.1. The van der Waals surface area contributed by atoms with Gasteiger partial charge in [0.05, 0.1) is 13.1 Å². The summed E-state index contributed by atoms with van der Waals surface area (Å²) >= 11 is 0. The zero-order valence-electron chi connectivity index (χ0n) is 18.7. The van der Waals surface area contributed by atoms with E-state index in [1.807, 2.05) is 0 Å². The first-order valence-electron chi connectivity index (χ1n) is 9.77. The predicted molar refractivity (Wildman–Crippen MR) is 110 cm³/mol. The minimum Gasteiger partial charge on any atom is -0.459 e. The molecule has 0 aliphatic rings. The van der Waals surface area contributed by atoms with Crippen LogP contribution in [0.5, 0.6) is 0 Å². The summed E-state index contributed by atoms with van der Waals surface area (Å²) in [7, 11) is 0. The third-order valence-corrected chi connectivity index (χ3v) is 3.58. The van der Waals surface area contributed by atoms with Crippen LogP contribution in [0.15, 0.2) is 24.5 Å². The summed E-state index contributed by atoms with van der Waals surface area (Å²) in [6, 6.07) is 4.22. The minimum absolute atomic E-state index is 0.0942. The zero-order chi connectivity index (χ0) is 23.2. The van der Waals surface area contributed by atoms with E-state index >= 15 is 0 Å². The molecule has 0 radical (unpaired) electrons. The van der Waals surface area contributed by atoms with E-state index in [1.165, 1.54) is 23.4 Å². The van der Waals surface area contributed by atoms with E-state index in [0.717, 1.165) is 0 Å². The lowest BCUT2D eigenvalue weighted by Gasteiger charge is -2.26. The fourth-order valence-electron chi connectivity index (χ4n) is 2.73. The number of rotatable bonds is 7. The molecule has 168 valence electrons. The Balaban J connectivity index is 2.24. The fourth-order valence-corrected chi connectivity index (χ4v) is 2.73. The first-order chi connectivity index (χ1) is 14.3. The van der Waals surface area contributed by atoms with E-state index in [-0.39, 0.29) is 25.5 Å². The molecule has 0 bridgehead atoms. The van der Waals surface area contributed by atoms with Crippen molar-refractivity contribution in [3.63, 3.8) is 0 Å². The Morgan fingerprint density at radius 2 is 1.42 bits per heavy atom. The molecule has 1 heterocycles. The molecule has 1 aromatic carbocycles. The van der Waals surface area contributed by atoms with Gasteiger partial charge in [0.1, 0.15) is 17.0 Å². The molecule has 9 nitrogen and oxygen atoms in total. The van der Waals surface area contributed by atoms with Crippen LogP contribution in [-0.4, -0.2) is 61.5 Å². The molecule has 1 aromatic heterocycles. The summed E-state index contributed by atoms with van der Waals surface area (Å²) in [5.41, 5.74) is -0.462. The van der Waals surface area contributed by atoms with Gasteiger partial charge in [-0.2, -0.15) is 0 Å². The normalized spacial score (nSPS) is 12.0. The Morgan fingerprint density at radius 3 is 1.90 bits per heavy atom. The van der Waals surface area contributed by atoms with Gasteiger partial charge in [-0.1, -0.05) is 0 Å². The molecule has 0 N–H and O–H groups in total. The van der Waals surface area contributed by atoms with Gasteiger partial charge in [0.2, 0.25) is 5.82 Å². The van der Waals surface area contributed by atoms with Gasteiger partial charge in [-0.05, 0) is 65.3 Å². The van der Waals surface area contributed by atoms with Crippen molar-refractivity contribution in [3.05, 3.63) is 35.9 Å². The number of ether oxygens (including phenoxy) is 2. The van der Waals surface area contributed by atoms with Gasteiger partial charge in [0.25, 0.3) is 0 Å². The second kappa shape index (κ2) is 9.86. The van der Waals surface area contributed by atoms with Gasteiger partial charge < -0.3 is 9.47 Å². The summed E-state index contributed by atoms with van der Waals surface area (Å²) in [5.74, 6) is -1.37. The largest absolute Gasteiger partial charge is 0.459 e. The molecule has 0 fully saturated rings. The molecule has 31 heavy (non-hydrogen) atoms. The van der Waals surface area contributed by atoms with Crippen LogP contribution in [0.2, 0.25) is 0 Å². The fraction of sp³-hybridized carbons (Fsp3) is 0.524. The lowest BCUT2D eigenvalue weighted by atomic mass is 10.1. The molecule has 0 saturated heterocycles. The van der Waals surface area contributed by atoms with E-state index in [9.17, 15) is 14.0 Å². The number of benzene rings is 1. The van der Waals surface area contributed by atoms with Gasteiger partial charge in [0, 0.05) is 12.1 Å². The Hall–Kier alpha value is -3.01.